The molecule has 0 atom stereocenters. The highest BCUT2D eigenvalue weighted by molar-refractivity contribution is 6.09. The van der Waals surface area contributed by atoms with Crippen molar-refractivity contribution in [2.75, 3.05) is 4.90 Å². The van der Waals surface area contributed by atoms with Gasteiger partial charge in [-0.05, 0) is 88.8 Å². The molecule has 0 unspecified atom stereocenters. The maximum Gasteiger partial charge on any atom is 0.144 e. The second-order valence-electron chi connectivity index (χ2n) is 16.3. The van der Waals surface area contributed by atoms with Crippen LogP contribution in [-0.4, -0.2) is 24.1 Å². The molecule has 0 aliphatic carbocycles. The number of anilines is 2. The van der Waals surface area contributed by atoms with E-state index in [1.807, 2.05) is 18.6 Å². The molecule has 0 amide bonds. The van der Waals surface area contributed by atoms with Crippen LogP contribution in [0.3, 0.4) is 0 Å². The van der Waals surface area contributed by atoms with Crippen LogP contribution >= 0.6 is 0 Å². The summed E-state index contributed by atoms with van der Waals surface area (Å²) in [6, 6.07) is 47.0. The van der Waals surface area contributed by atoms with Crippen LogP contribution in [0.5, 0.6) is 11.5 Å². The number of nitrogens with zero attached hydrogens (tertiary/aromatic N) is 6. The second kappa shape index (κ2) is 12.7. The summed E-state index contributed by atoms with van der Waals surface area (Å²) in [4.78, 5) is 16.9. The first-order chi connectivity index (χ1) is 27.1. The number of aromatic nitrogens is 5. The van der Waals surface area contributed by atoms with Crippen molar-refractivity contribution in [3.05, 3.63) is 169 Å². The molecule has 0 saturated heterocycles. The molecule has 1 aliphatic rings. The monoisotopic (exact) mass is 730 g/mol. The van der Waals surface area contributed by atoms with Gasteiger partial charge in [0.25, 0.3) is 0 Å². The fourth-order valence-electron chi connectivity index (χ4n) is 8.24. The summed E-state index contributed by atoms with van der Waals surface area (Å²) in [7, 11) is 0. The predicted molar refractivity (Wildman–Crippen MR) is 227 cm³/mol. The highest BCUT2D eigenvalue weighted by atomic mass is 16.5. The third-order valence-corrected chi connectivity index (χ3v) is 11.4. The summed E-state index contributed by atoms with van der Waals surface area (Å²) >= 11 is 0. The SMILES string of the molecule is CC(C)(C)c1cc(Oc2ccc3c4ccncc4n(-c4cc(C(C)(C)c5ccccc5)ccn4)c3c2)cc(N2Cn3c(nc4ccccc43)-c3ccccc32)c1. The highest BCUT2D eigenvalue weighted by Crippen LogP contribution is 2.44. The van der Waals surface area contributed by atoms with Gasteiger partial charge in [0.1, 0.15) is 29.8 Å². The number of rotatable bonds is 6. The average molecular weight is 731 g/mol. The van der Waals surface area contributed by atoms with Crippen molar-refractivity contribution in [2.24, 2.45) is 0 Å². The Bertz CT molecular complexity index is 2950. The minimum Gasteiger partial charge on any atom is -0.457 e. The first-order valence-electron chi connectivity index (χ1n) is 19.2. The Morgan fingerprint density at radius 3 is 2.25 bits per heavy atom. The normalized spacial score (nSPS) is 13.0. The van der Waals surface area contributed by atoms with E-state index in [4.69, 9.17) is 14.7 Å². The maximum absolute atomic E-state index is 6.89. The van der Waals surface area contributed by atoms with E-state index in [1.165, 1.54) is 16.7 Å². The van der Waals surface area contributed by atoms with Crippen LogP contribution in [-0.2, 0) is 17.5 Å². The van der Waals surface area contributed by atoms with E-state index in [2.05, 4.69) is 187 Å². The predicted octanol–water partition coefficient (Wildman–Crippen LogP) is 12.1. The third kappa shape index (κ3) is 5.53. The van der Waals surface area contributed by atoms with Crippen LogP contribution in [0, 0.1) is 0 Å². The van der Waals surface area contributed by atoms with Gasteiger partial charge in [-0.2, -0.15) is 0 Å². The number of pyridine rings is 2. The van der Waals surface area contributed by atoms with Crippen LogP contribution in [0.15, 0.2) is 152 Å². The van der Waals surface area contributed by atoms with Gasteiger partial charge in [0.2, 0.25) is 0 Å². The van der Waals surface area contributed by atoms with Gasteiger partial charge in [0, 0.05) is 52.0 Å². The molecule has 10 rings (SSSR count). The molecular weight excluding hydrogens is 689 g/mol. The summed E-state index contributed by atoms with van der Waals surface area (Å²) in [5.41, 5.74) is 10.7. The minimum atomic E-state index is -0.221. The van der Waals surface area contributed by atoms with Gasteiger partial charge in [-0.3, -0.25) is 9.55 Å². The molecule has 0 saturated carbocycles. The second-order valence-corrected chi connectivity index (χ2v) is 16.3. The van der Waals surface area contributed by atoms with Gasteiger partial charge in [0.15, 0.2) is 0 Å². The van der Waals surface area contributed by atoms with E-state index < -0.39 is 0 Å². The molecular formula is C49H42N6O. The Hall–Kier alpha value is -6.73. The number of hydrogen-bond acceptors (Lipinski definition) is 5. The third-order valence-electron chi connectivity index (χ3n) is 11.4. The zero-order valence-electron chi connectivity index (χ0n) is 32.2. The highest BCUT2D eigenvalue weighted by Gasteiger charge is 2.28. The van der Waals surface area contributed by atoms with E-state index in [1.54, 1.807) is 0 Å². The summed E-state index contributed by atoms with van der Waals surface area (Å²) in [6.07, 6.45) is 5.70. The quantitative estimate of drug-likeness (QED) is 0.170. The Morgan fingerprint density at radius 2 is 1.39 bits per heavy atom. The van der Waals surface area contributed by atoms with Gasteiger partial charge in [-0.25, -0.2) is 9.97 Å². The number of fused-ring (bicyclic) bond motifs is 8. The van der Waals surface area contributed by atoms with Crippen LogP contribution in [0.2, 0.25) is 0 Å². The van der Waals surface area contributed by atoms with Crippen molar-refractivity contribution in [1.82, 2.24) is 24.1 Å². The summed E-state index contributed by atoms with van der Waals surface area (Å²) in [5.74, 6) is 3.35. The molecule has 7 heteroatoms. The van der Waals surface area contributed by atoms with Crippen molar-refractivity contribution in [1.29, 1.82) is 0 Å². The lowest BCUT2D eigenvalue weighted by Crippen LogP contribution is -2.26. The largest absolute Gasteiger partial charge is 0.457 e. The molecule has 5 heterocycles. The topological polar surface area (TPSA) is 61.0 Å². The molecule has 274 valence electrons. The van der Waals surface area contributed by atoms with Crippen molar-refractivity contribution in [3.63, 3.8) is 0 Å². The van der Waals surface area contributed by atoms with Gasteiger partial charge in [0.05, 0.1) is 34.0 Å². The zero-order chi connectivity index (χ0) is 38.2. The minimum absolute atomic E-state index is 0.121. The number of ether oxygens (including phenoxy) is 1. The lowest BCUT2D eigenvalue weighted by Gasteiger charge is -2.33. The van der Waals surface area contributed by atoms with Gasteiger partial charge in [-0.1, -0.05) is 89.2 Å². The average Bonchev–Trinajstić information content (AvgIpc) is 3.76. The molecule has 0 radical (unpaired) electrons. The Labute approximate surface area is 326 Å². The molecule has 0 N–H and O–H groups in total. The van der Waals surface area contributed by atoms with Gasteiger partial charge in [-0.15, -0.1) is 0 Å². The number of para-hydroxylation sites is 3. The molecule has 0 spiro atoms. The standard InChI is InChI=1S/C49H42N6O/c1-48(2,3)34-25-35(53-31-54-43-18-12-10-16-41(43)52-47(54)40-15-9-11-17-42(40)53)28-37(26-34)56-36-19-20-38-39-22-23-50-30-45(39)55(44(38)29-36)46-27-33(21-24-51-46)49(4,5)32-13-7-6-8-14-32/h6-30H,31H2,1-5H3. The van der Waals surface area contributed by atoms with Crippen LogP contribution in [0.1, 0.15) is 51.3 Å². The molecule has 0 fully saturated rings. The lowest BCUT2D eigenvalue weighted by molar-refractivity contribution is 0.479. The lowest BCUT2D eigenvalue weighted by atomic mass is 9.78. The number of imidazole rings is 1. The van der Waals surface area contributed by atoms with Crippen LogP contribution in [0.4, 0.5) is 11.4 Å². The van der Waals surface area contributed by atoms with E-state index in [9.17, 15) is 0 Å². The van der Waals surface area contributed by atoms with E-state index >= 15 is 0 Å². The summed E-state index contributed by atoms with van der Waals surface area (Å²) in [5, 5.41) is 2.23. The molecule has 0 bridgehead atoms. The molecule has 7 nitrogen and oxygen atoms in total. The van der Waals surface area contributed by atoms with Crippen LogP contribution < -0.4 is 9.64 Å². The molecule has 4 aromatic heterocycles. The Kier molecular flexibility index (Phi) is 7.65. The van der Waals surface area contributed by atoms with E-state index in [-0.39, 0.29) is 10.8 Å². The van der Waals surface area contributed by atoms with Crippen molar-refractivity contribution < 1.29 is 4.74 Å². The Morgan fingerprint density at radius 1 is 0.607 bits per heavy atom. The van der Waals surface area contributed by atoms with Gasteiger partial charge < -0.3 is 14.2 Å². The van der Waals surface area contributed by atoms with Crippen molar-refractivity contribution in [3.8, 4) is 28.7 Å². The van der Waals surface area contributed by atoms with E-state index in [0.717, 1.165) is 72.9 Å². The van der Waals surface area contributed by atoms with Crippen LogP contribution in [0.25, 0.3) is 50.0 Å². The molecule has 5 aromatic carbocycles. The molecule has 56 heavy (non-hydrogen) atoms. The first-order valence-corrected chi connectivity index (χ1v) is 19.2. The first kappa shape index (κ1) is 33.8. The van der Waals surface area contributed by atoms with Crippen molar-refractivity contribution in [2.45, 2.75) is 52.1 Å². The number of benzene rings is 5. The maximum atomic E-state index is 6.89. The van der Waals surface area contributed by atoms with E-state index in [0.29, 0.717) is 6.67 Å². The smallest absolute Gasteiger partial charge is 0.144 e. The zero-order valence-corrected chi connectivity index (χ0v) is 32.2. The molecule has 1 aliphatic heterocycles. The molecule has 9 aromatic rings. The van der Waals surface area contributed by atoms with Crippen molar-refractivity contribution >= 4 is 44.2 Å². The fourth-order valence-corrected chi connectivity index (χ4v) is 8.24. The summed E-state index contributed by atoms with van der Waals surface area (Å²) in [6.45, 7) is 11.9. The number of hydrogen-bond donors (Lipinski definition) is 0. The van der Waals surface area contributed by atoms with Gasteiger partial charge >= 0.3 is 0 Å². The Balaban J connectivity index is 1.08. The summed E-state index contributed by atoms with van der Waals surface area (Å²) < 4.78 is 11.4. The fraction of sp³-hybridized carbons (Fsp3) is 0.163.